The highest BCUT2D eigenvalue weighted by molar-refractivity contribution is 5.82. The topological polar surface area (TPSA) is 49.3 Å². The highest BCUT2D eigenvalue weighted by Crippen LogP contribution is 2.15. The van der Waals surface area contributed by atoms with Crippen molar-refractivity contribution in [2.75, 3.05) is 20.1 Å². The molecular weight excluding hydrogens is 272 g/mol. The van der Waals surface area contributed by atoms with Gasteiger partial charge in [-0.15, -0.1) is 0 Å². The third kappa shape index (κ3) is 4.72. The summed E-state index contributed by atoms with van der Waals surface area (Å²) in [6, 6.07) is 10.4. The van der Waals surface area contributed by atoms with Crippen LogP contribution in [0.25, 0.3) is 10.9 Å². The number of aromatic nitrogens is 1. The molecule has 0 aliphatic carbocycles. The quantitative estimate of drug-likeness (QED) is 0.469. The Hall–Kier alpha value is -2.10. The van der Waals surface area contributed by atoms with Crippen molar-refractivity contribution in [1.29, 1.82) is 0 Å². The number of hydrogen-bond acceptors (Lipinski definition) is 2. The summed E-state index contributed by atoms with van der Waals surface area (Å²) < 4.78 is 0. The molecule has 118 valence electrons. The van der Waals surface area contributed by atoms with Crippen molar-refractivity contribution >= 4 is 16.9 Å². The molecule has 4 heteroatoms. The molecule has 2 aromatic rings. The molecule has 0 radical (unpaired) electrons. The van der Waals surface area contributed by atoms with Crippen molar-refractivity contribution in [3.8, 4) is 0 Å². The summed E-state index contributed by atoms with van der Waals surface area (Å²) >= 11 is 0. The normalized spacial score (nSPS) is 11.6. The van der Waals surface area contributed by atoms with Crippen LogP contribution in [0.2, 0.25) is 0 Å². The summed E-state index contributed by atoms with van der Waals surface area (Å²) in [5, 5.41) is 7.92. The number of para-hydroxylation sites is 1. The number of rotatable bonds is 7. The molecule has 0 aliphatic rings. The summed E-state index contributed by atoms with van der Waals surface area (Å²) in [5.74, 6) is 0.879. The molecule has 0 amide bonds. The first-order chi connectivity index (χ1) is 10.8. The lowest BCUT2D eigenvalue weighted by Gasteiger charge is -2.12. The third-order valence-corrected chi connectivity index (χ3v) is 3.70. The minimum absolute atomic E-state index is 0.850. The average Bonchev–Trinajstić information content (AvgIpc) is 2.57. The molecule has 1 heterocycles. The Morgan fingerprint density at radius 2 is 1.91 bits per heavy atom. The van der Waals surface area contributed by atoms with Crippen LogP contribution in [-0.4, -0.2) is 31.1 Å². The van der Waals surface area contributed by atoms with E-state index in [9.17, 15) is 0 Å². The van der Waals surface area contributed by atoms with Crippen LogP contribution in [0.5, 0.6) is 0 Å². The molecule has 0 unspecified atom stereocenters. The third-order valence-electron chi connectivity index (χ3n) is 3.70. The van der Waals surface area contributed by atoms with Crippen LogP contribution < -0.4 is 10.6 Å². The van der Waals surface area contributed by atoms with Crippen LogP contribution in [0.3, 0.4) is 0 Å². The van der Waals surface area contributed by atoms with Gasteiger partial charge in [-0.1, -0.05) is 44.0 Å². The first-order valence-electron chi connectivity index (χ1n) is 8.12. The maximum Gasteiger partial charge on any atom is 0.190 e. The number of nitrogens with one attached hydrogen (secondary N) is 2. The van der Waals surface area contributed by atoms with Crippen molar-refractivity contribution < 1.29 is 0 Å². The minimum Gasteiger partial charge on any atom is -0.356 e. The van der Waals surface area contributed by atoms with Gasteiger partial charge in [0.05, 0.1) is 5.52 Å². The van der Waals surface area contributed by atoms with E-state index in [4.69, 9.17) is 0 Å². The summed E-state index contributed by atoms with van der Waals surface area (Å²) in [6.45, 7) is 4.04. The van der Waals surface area contributed by atoms with E-state index >= 15 is 0 Å². The highest BCUT2D eigenvalue weighted by Gasteiger charge is 2.02. The van der Waals surface area contributed by atoms with E-state index in [0.29, 0.717) is 0 Å². The number of benzene rings is 1. The first kappa shape index (κ1) is 16.3. The number of hydrogen-bond donors (Lipinski definition) is 2. The molecule has 0 atom stereocenters. The average molecular weight is 298 g/mol. The zero-order chi connectivity index (χ0) is 15.6. The Balaban J connectivity index is 1.84. The Morgan fingerprint density at radius 3 is 2.73 bits per heavy atom. The van der Waals surface area contributed by atoms with Crippen molar-refractivity contribution in [1.82, 2.24) is 15.6 Å². The van der Waals surface area contributed by atoms with Gasteiger partial charge in [-0.05, 0) is 24.5 Å². The summed E-state index contributed by atoms with van der Waals surface area (Å²) in [4.78, 5) is 8.75. The fourth-order valence-corrected chi connectivity index (χ4v) is 2.49. The van der Waals surface area contributed by atoms with E-state index in [0.717, 1.165) is 31.0 Å². The van der Waals surface area contributed by atoms with E-state index in [2.05, 4.69) is 51.8 Å². The molecule has 0 saturated carbocycles. The standard InChI is InChI=1S/C18H26N4/c1-3-4-5-12-21-18(19-2)22-14-11-16-9-6-8-15-10-7-13-20-17(15)16/h6-10,13H,3-5,11-12,14H2,1-2H3,(H2,19,21,22). The first-order valence-corrected chi connectivity index (χ1v) is 8.12. The molecule has 1 aromatic carbocycles. The second-order valence-corrected chi connectivity index (χ2v) is 5.38. The van der Waals surface area contributed by atoms with Crippen LogP contribution in [0.4, 0.5) is 0 Å². The number of guanidine groups is 1. The number of fused-ring (bicyclic) bond motifs is 1. The van der Waals surface area contributed by atoms with Gasteiger partial charge in [0.25, 0.3) is 0 Å². The zero-order valence-electron chi connectivity index (χ0n) is 13.6. The molecule has 22 heavy (non-hydrogen) atoms. The molecule has 0 bridgehead atoms. The maximum absolute atomic E-state index is 4.50. The molecule has 2 rings (SSSR count). The van der Waals surface area contributed by atoms with Gasteiger partial charge in [0.1, 0.15) is 0 Å². The molecule has 0 saturated heterocycles. The van der Waals surface area contributed by atoms with Gasteiger partial charge in [-0.2, -0.15) is 0 Å². The molecule has 2 N–H and O–H groups in total. The van der Waals surface area contributed by atoms with Gasteiger partial charge < -0.3 is 10.6 Å². The molecular formula is C18H26N4. The van der Waals surface area contributed by atoms with Crippen LogP contribution >= 0.6 is 0 Å². The molecule has 0 aliphatic heterocycles. The smallest absolute Gasteiger partial charge is 0.190 e. The SMILES string of the molecule is CCCCCNC(=NC)NCCc1cccc2cccnc12. The number of nitrogens with zero attached hydrogens (tertiary/aromatic N) is 2. The largest absolute Gasteiger partial charge is 0.356 e. The summed E-state index contributed by atoms with van der Waals surface area (Å²) in [7, 11) is 1.81. The monoisotopic (exact) mass is 298 g/mol. The van der Waals surface area contributed by atoms with Crippen molar-refractivity contribution in [3.63, 3.8) is 0 Å². The minimum atomic E-state index is 0.850. The van der Waals surface area contributed by atoms with Gasteiger partial charge in [0.15, 0.2) is 5.96 Å². The summed E-state index contributed by atoms with van der Waals surface area (Å²) in [6.07, 6.45) is 6.47. The van der Waals surface area contributed by atoms with Gasteiger partial charge in [0, 0.05) is 31.7 Å². The lowest BCUT2D eigenvalue weighted by Crippen LogP contribution is -2.38. The number of aliphatic imine (C=N–C) groups is 1. The van der Waals surface area contributed by atoms with Crippen molar-refractivity contribution in [3.05, 3.63) is 42.1 Å². The maximum atomic E-state index is 4.50. The lowest BCUT2D eigenvalue weighted by atomic mass is 10.1. The molecule has 0 spiro atoms. The molecule has 1 aromatic heterocycles. The van der Waals surface area contributed by atoms with Gasteiger partial charge >= 0.3 is 0 Å². The van der Waals surface area contributed by atoms with E-state index < -0.39 is 0 Å². The van der Waals surface area contributed by atoms with Gasteiger partial charge in [-0.25, -0.2) is 0 Å². The lowest BCUT2D eigenvalue weighted by molar-refractivity contribution is 0.682. The molecule has 4 nitrogen and oxygen atoms in total. The van der Waals surface area contributed by atoms with Crippen molar-refractivity contribution in [2.45, 2.75) is 32.6 Å². The van der Waals surface area contributed by atoms with Crippen molar-refractivity contribution in [2.24, 2.45) is 4.99 Å². The van der Waals surface area contributed by atoms with Crippen LogP contribution in [0.1, 0.15) is 31.7 Å². The number of pyridine rings is 1. The Kier molecular flexibility index (Phi) is 6.68. The van der Waals surface area contributed by atoms with E-state index in [1.54, 1.807) is 0 Å². The van der Waals surface area contributed by atoms with Crippen LogP contribution in [0.15, 0.2) is 41.5 Å². The Morgan fingerprint density at radius 1 is 1.09 bits per heavy atom. The second kappa shape index (κ2) is 9.03. The predicted octanol–water partition coefficient (Wildman–Crippen LogP) is 3.13. The Labute approximate surface area is 133 Å². The second-order valence-electron chi connectivity index (χ2n) is 5.38. The fraction of sp³-hybridized carbons (Fsp3) is 0.444. The predicted molar refractivity (Wildman–Crippen MR) is 94.3 cm³/mol. The van der Waals surface area contributed by atoms with Crippen LogP contribution in [-0.2, 0) is 6.42 Å². The van der Waals surface area contributed by atoms with E-state index in [-0.39, 0.29) is 0 Å². The molecule has 0 fully saturated rings. The summed E-state index contributed by atoms with van der Waals surface area (Å²) in [5.41, 5.74) is 2.37. The van der Waals surface area contributed by atoms with Gasteiger partial charge in [0.2, 0.25) is 0 Å². The van der Waals surface area contributed by atoms with E-state index in [1.165, 1.54) is 30.2 Å². The fourth-order valence-electron chi connectivity index (χ4n) is 2.49. The van der Waals surface area contributed by atoms with E-state index in [1.807, 2.05) is 19.3 Å². The Bertz CT molecular complexity index is 602. The van der Waals surface area contributed by atoms with Gasteiger partial charge in [-0.3, -0.25) is 9.98 Å². The zero-order valence-corrected chi connectivity index (χ0v) is 13.6. The highest BCUT2D eigenvalue weighted by atomic mass is 15.2. The van der Waals surface area contributed by atoms with Crippen LogP contribution in [0, 0.1) is 0 Å². The number of unbranched alkanes of at least 4 members (excludes halogenated alkanes) is 2.